The van der Waals surface area contributed by atoms with Crippen molar-refractivity contribution in [1.29, 1.82) is 10.5 Å². The number of fused-ring (bicyclic) bond motifs is 4. The van der Waals surface area contributed by atoms with Crippen LogP contribution in [0, 0.1) is 50.4 Å². The minimum atomic E-state index is -0.741. The Morgan fingerprint density at radius 3 is 1.65 bits per heavy atom. The Kier molecular flexibility index (Phi) is 7.52. The van der Waals surface area contributed by atoms with Crippen molar-refractivity contribution in [2.24, 2.45) is 11.5 Å². The summed E-state index contributed by atoms with van der Waals surface area (Å²) < 4.78 is 13.4. The summed E-state index contributed by atoms with van der Waals surface area (Å²) in [6.07, 6.45) is 1.49. The molecular formula is C33H22N14O3S4. The normalized spacial score (nSPS) is 13.5. The van der Waals surface area contributed by atoms with Gasteiger partial charge in [-0.15, -0.1) is 15.3 Å². The summed E-state index contributed by atoms with van der Waals surface area (Å²) in [5.74, 6) is -1.45. The van der Waals surface area contributed by atoms with E-state index in [1.54, 1.807) is 18.2 Å². The Labute approximate surface area is 320 Å². The number of carbonyl (C=O) groups is 2. The first-order chi connectivity index (χ1) is 26.0. The van der Waals surface area contributed by atoms with Crippen molar-refractivity contribution in [3.8, 4) is 29.5 Å². The van der Waals surface area contributed by atoms with Crippen molar-refractivity contribution >= 4 is 78.6 Å². The number of carbonyl (C=O) groups excluding carboxylic acids is 2. The zero-order valence-corrected chi connectivity index (χ0v) is 31.9. The Morgan fingerprint density at radius 2 is 1.20 bits per heavy atom. The molecule has 0 saturated carbocycles. The Morgan fingerprint density at radius 1 is 0.722 bits per heavy atom. The van der Waals surface area contributed by atoms with Crippen LogP contribution < -0.4 is 26.9 Å². The molecule has 266 valence electrons. The molecule has 2 aliphatic heterocycles. The van der Waals surface area contributed by atoms with E-state index in [9.17, 15) is 20.1 Å². The van der Waals surface area contributed by atoms with Gasteiger partial charge in [-0.05, 0) is 39.8 Å². The Hall–Kier alpha value is -6.00. The van der Waals surface area contributed by atoms with E-state index in [0.717, 1.165) is 17.1 Å². The van der Waals surface area contributed by atoms with E-state index >= 15 is 0 Å². The molecule has 2 aliphatic rings. The molecule has 1 aromatic carbocycles. The first kappa shape index (κ1) is 33.8. The molecule has 9 rings (SSSR count). The number of rotatable bonds is 5. The second-order valence-electron chi connectivity index (χ2n) is 12.2. The van der Waals surface area contributed by atoms with Gasteiger partial charge >= 0.3 is 6.01 Å². The van der Waals surface area contributed by atoms with E-state index in [-0.39, 0.29) is 28.4 Å². The van der Waals surface area contributed by atoms with E-state index < -0.39 is 11.8 Å². The van der Waals surface area contributed by atoms with Gasteiger partial charge in [0.15, 0.2) is 11.3 Å². The van der Waals surface area contributed by atoms with Crippen molar-refractivity contribution < 1.29 is 14.3 Å². The summed E-state index contributed by atoms with van der Waals surface area (Å²) in [4.78, 5) is 28.4. The summed E-state index contributed by atoms with van der Waals surface area (Å²) in [5, 5.41) is 48.6. The summed E-state index contributed by atoms with van der Waals surface area (Å²) in [6.45, 7) is 7.41. The maximum atomic E-state index is 13.1. The second kappa shape index (κ2) is 12.0. The lowest BCUT2D eigenvalue weighted by molar-refractivity contribution is 0.0993. The average molecular weight is 791 g/mol. The number of aromatic nitrogens is 10. The van der Waals surface area contributed by atoms with Crippen LogP contribution in [0.15, 0.2) is 38.0 Å². The van der Waals surface area contributed by atoms with Crippen LogP contribution in [0.2, 0.25) is 0 Å². The van der Waals surface area contributed by atoms with Gasteiger partial charge in [-0.3, -0.25) is 14.0 Å². The van der Waals surface area contributed by atoms with Gasteiger partial charge in [-0.25, -0.2) is 13.8 Å². The van der Waals surface area contributed by atoms with Gasteiger partial charge in [0.25, 0.3) is 11.8 Å². The molecule has 8 heterocycles. The largest absolute Gasteiger partial charge is 0.467 e. The van der Waals surface area contributed by atoms with E-state index in [0.29, 0.717) is 67.0 Å². The minimum Gasteiger partial charge on any atom is -0.467 e. The van der Waals surface area contributed by atoms with Crippen LogP contribution in [0.4, 0.5) is 0 Å². The molecule has 0 atom stereocenters. The number of thioether (sulfide) groups is 4. The molecule has 0 saturated heterocycles. The Balaban J connectivity index is 1.31. The zero-order valence-electron chi connectivity index (χ0n) is 28.6. The molecule has 21 heteroatoms. The minimum absolute atomic E-state index is 0.0919. The van der Waals surface area contributed by atoms with Crippen LogP contribution in [-0.4, -0.2) is 67.7 Å². The fourth-order valence-electron chi connectivity index (χ4n) is 6.82. The molecule has 0 fully saturated rings. The van der Waals surface area contributed by atoms with Gasteiger partial charge in [0.1, 0.15) is 41.0 Å². The summed E-state index contributed by atoms with van der Waals surface area (Å²) >= 11 is 5.17. The lowest BCUT2D eigenvalue weighted by Gasteiger charge is -2.07. The quantitative estimate of drug-likeness (QED) is 0.255. The van der Waals surface area contributed by atoms with Crippen molar-refractivity contribution in [3.05, 3.63) is 74.2 Å². The maximum absolute atomic E-state index is 13.1. The van der Waals surface area contributed by atoms with E-state index in [4.69, 9.17) is 16.2 Å². The Bertz CT molecular complexity index is 3030. The average Bonchev–Trinajstić information content (AvgIpc) is 3.96. The number of amides is 2. The van der Waals surface area contributed by atoms with Crippen LogP contribution in [0.3, 0.4) is 0 Å². The highest BCUT2D eigenvalue weighted by atomic mass is 32.2. The third kappa shape index (κ3) is 4.56. The van der Waals surface area contributed by atoms with E-state index in [1.807, 2.05) is 39.8 Å². The molecule has 7 aromatic rings. The van der Waals surface area contributed by atoms with Gasteiger partial charge in [-0.2, -0.15) is 20.7 Å². The predicted molar refractivity (Wildman–Crippen MR) is 199 cm³/mol. The molecule has 0 unspecified atom stereocenters. The van der Waals surface area contributed by atoms with Crippen molar-refractivity contribution in [3.63, 3.8) is 0 Å². The zero-order chi connectivity index (χ0) is 37.9. The van der Waals surface area contributed by atoms with Crippen molar-refractivity contribution in [1.82, 2.24) is 48.8 Å². The van der Waals surface area contributed by atoms with Gasteiger partial charge < -0.3 is 16.2 Å². The molecular weight excluding hydrogens is 769 g/mol. The first-order valence-electron chi connectivity index (χ1n) is 15.8. The molecule has 0 spiro atoms. The fraction of sp³-hybridized carbons (Fsp3) is 0.152. The van der Waals surface area contributed by atoms with Gasteiger partial charge in [0.2, 0.25) is 0 Å². The highest BCUT2D eigenvalue weighted by Crippen LogP contribution is 2.63. The third-order valence-corrected chi connectivity index (χ3v) is 14.1. The molecule has 0 radical (unpaired) electrons. The highest BCUT2D eigenvalue weighted by Gasteiger charge is 2.39. The number of nitrogens with zero attached hydrogens (tertiary/aromatic N) is 12. The second-order valence-corrected chi connectivity index (χ2v) is 16.8. The van der Waals surface area contributed by atoms with Crippen LogP contribution in [-0.2, 0) is 0 Å². The predicted octanol–water partition coefficient (Wildman–Crippen LogP) is 2.69. The summed E-state index contributed by atoms with van der Waals surface area (Å²) in [5.41, 5.74) is 17.1. The maximum Gasteiger partial charge on any atom is 0.321 e. The molecule has 0 bridgehead atoms. The van der Waals surface area contributed by atoms with Crippen molar-refractivity contribution in [2.75, 3.05) is 7.11 Å². The topological polar surface area (TPSA) is 239 Å². The number of nitriles is 2. The van der Waals surface area contributed by atoms with Crippen LogP contribution >= 0.6 is 47.0 Å². The highest BCUT2D eigenvalue weighted by molar-refractivity contribution is 8.33. The van der Waals surface area contributed by atoms with Crippen LogP contribution in [0.5, 0.6) is 6.01 Å². The lowest BCUT2D eigenvalue weighted by atomic mass is 10.1. The molecule has 17 nitrogen and oxygen atoms in total. The van der Waals surface area contributed by atoms with Crippen molar-refractivity contribution in [2.45, 2.75) is 47.3 Å². The monoisotopic (exact) mass is 790 g/mol. The van der Waals surface area contributed by atoms with Gasteiger partial charge in [0.05, 0.1) is 48.8 Å². The number of benzene rings is 1. The molecule has 6 aromatic heterocycles. The third-order valence-electron chi connectivity index (χ3n) is 8.84. The number of aryl methyl sites for hydroxylation is 4. The summed E-state index contributed by atoms with van der Waals surface area (Å²) in [6, 6.07) is 8.66. The number of primary amides is 2. The molecule has 0 aliphatic carbocycles. The standard InChI is InChI=1S/C33H22N14O3S4/c1-11-6-13(3)46(42-11)19-17(27(36)48)29-39-38-10-44(29)21(19)31-51-23-15(8-34)25-26(16(9-35)24(23)52-31)54-32(53-25)22-20(47-14(4)7-12(2)43-47)18(28(37)49)30-40-41-33(50-5)45(22)30/h6-7,10H,1-5H3,(H2,36,48)(H2,37,49). The number of ether oxygens (including phenoxy) is 1. The first-order valence-corrected chi connectivity index (χ1v) is 19.0. The molecule has 54 heavy (non-hydrogen) atoms. The van der Waals surface area contributed by atoms with Crippen LogP contribution in [0.1, 0.15) is 54.6 Å². The smallest absolute Gasteiger partial charge is 0.321 e. The number of hydrogen-bond donors (Lipinski definition) is 2. The SMILES string of the molecule is COc1nnc2c(C(N)=O)c(-n3nc(C)cc3C)c(=C3Sc4c(C#N)c5c(c(C#N)c4S3)SC(=c3c(-n4nc(C)cc4C)c(C(N)=O)c4nncn34)S5)n12. The number of nitrogens with two attached hydrogens (primary N) is 2. The van der Waals surface area contributed by atoms with E-state index in [2.05, 4.69) is 42.7 Å². The van der Waals surface area contributed by atoms with Gasteiger partial charge in [0, 0.05) is 31.0 Å². The van der Waals surface area contributed by atoms with Crippen LogP contribution in [0.25, 0.3) is 31.1 Å². The lowest BCUT2D eigenvalue weighted by Crippen LogP contribution is -2.22. The number of methoxy groups -OCH3 is 1. The summed E-state index contributed by atoms with van der Waals surface area (Å²) in [7, 11) is 1.44. The number of hydrogen-bond acceptors (Lipinski definition) is 15. The van der Waals surface area contributed by atoms with E-state index in [1.165, 1.54) is 60.5 Å². The van der Waals surface area contributed by atoms with Gasteiger partial charge in [-0.1, -0.05) is 52.1 Å². The fourth-order valence-corrected chi connectivity index (χ4v) is 12.5. The molecule has 2 amide bonds. The molecule has 4 N–H and O–H groups in total.